The molecule has 2 heterocycles. The van der Waals surface area contributed by atoms with E-state index in [4.69, 9.17) is 0 Å². The van der Waals surface area contributed by atoms with E-state index in [2.05, 4.69) is 36.3 Å². The van der Waals surface area contributed by atoms with Crippen molar-refractivity contribution in [2.75, 3.05) is 5.32 Å². The van der Waals surface area contributed by atoms with E-state index in [1.807, 2.05) is 0 Å². The van der Waals surface area contributed by atoms with E-state index < -0.39 is 24.1 Å². The van der Waals surface area contributed by atoms with Gasteiger partial charge in [0.15, 0.2) is 0 Å². The summed E-state index contributed by atoms with van der Waals surface area (Å²) in [5.74, 6) is -0.769. The first-order valence-electron chi connectivity index (χ1n) is 9.74. The molecule has 1 aliphatic rings. The first kappa shape index (κ1) is 21.5. The van der Waals surface area contributed by atoms with Gasteiger partial charge in [-0.3, -0.25) is 9.48 Å². The molecule has 0 unspecified atom stereocenters. The van der Waals surface area contributed by atoms with Crippen LogP contribution in [0.15, 0.2) is 47.5 Å². The number of hydrogen-bond donors (Lipinski definition) is 2. The van der Waals surface area contributed by atoms with E-state index in [0.29, 0.717) is 17.4 Å². The maximum atomic E-state index is 14.4. The third kappa shape index (κ3) is 4.49. The molecule has 7 nitrogen and oxygen atoms in total. The van der Waals surface area contributed by atoms with Crippen LogP contribution in [0.1, 0.15) is 35.0 Å². The Hall–Kier alpha value is -2.72. The largest absolute Gasteiger partial charge is 0.390 e. The van der Waals surface area contributed by atoms with Crippen molar-refractivity contribution in [2.45, 2.75) is 38.2 Å². The second-order valence-electron chi connectivity index (χ2n) is 7.66. The number of aliphatic hydroxyl groups is 1. The number of halogens is 3. The molecule has 0 bridgehead atoms. The summed E-state index contributed by atoms with van der Waals surface area (Å²) in [6.45, 7) is 2.13. The Balaban J connectivity index is 1.52. The molecule has 1 aliphatic carbocycles. The van der Waals surface area contributed by atoms with Crippen molar-refractivity contribution < 1.29 is 18.7 Å². The standard InChI is InChI=1S/C21H20BrF2N5O2/c1-11-6-17(18(24)19(11)30)27-21-13(8-25-10-26-21)20(31)16-4-5-29(28-16)9-12-2-3-15(23)14(22)7-12/h2-5,7-8,10-11,17-19,30H,6,9H2,1H3,(H,25,26,27)/t11-,17-,18-,19-/m1/s1. The number of carbonyl (C=O) groups is 1. The van der Waals surface area contributed by atoms with Crippen LogP contribution < -0.4 is 5.32 Å². The van der Waals surface area contributed by atoms with Gasteiger partial charge in [-0.1, -0.05) is 13.0 Å². The number of anilines is 1. The predicted octanol–water partition coefficient (Wildman–Crippen LogP) is 3.37. The van der Waals surface area contributed by atoms with Crippen LogP contribution in [0.5, 0.6) is 0 Å². The molecule has 4 rings (SSSR count). The van der Waals surface area contributed by atoms with Gasteiger partial charge in [-0.15, -0.1) is 0 Å². The first-order valence-corrected chi connectivity index (χ1v) is 10.5. The summed E-state index contributed by atoms with van der Waals surface area (Å²) in [4.78, 5) is 21.0. The number of aromatic nitrogens is 4. The van der Waals surface area contributed by atoms with E-state index in [0.717, 1.165) is 5.56 Å². The summed E-state index contributed by atoms with van der Waals surface area (Å²) < 4.78 is 29.7. The molecule has 162 valence electrons. The zero-order valence-corrected chi connectivity index (χ0v) is 18.1. The van der Waals surface area contributed by atoms with Gasteiger partial charge < -0.3 is 10.4 Å². The van der Waals surface area contributed by atoms with Gasteiger partial charge in [-0.2, -0.15) is 5.10 Å². The predicted molar refractivity (Wildman–Crippen MR) is 113 cm³/mol. The number of nitrogens with one attached hydrogen (secondary N) is 1. The number of hydrogen-bond acceptors (Lipinski definition) is 6. The molecule has 1 saturated carbocycles. The highest BCUT2D eigenvalue weighted by Gasteiger charge is 2.41. The van der Waals surface area contributed by atoms with Crippen molar-refractivity contribution in [3.05, 3.63) is 70.1 Å². The molecule has 0 saturated heterocycles. The highest BCUT2D eigenvalue weighted by Crippen LogP contribution is 2.31. The number of ketones is 1. The molecule has 1 aromatic carbocycles. The van der Waals surface area contributed by atoms with E-state index in [1.165, 1.54) is 18.6 Å². The SMILES string of the molecule is C[C@@H]1C[C@@H](Nc2ncncc2C(=O)c2ccn(Cc3ccc(F)c(Br)c3)n2)[C@@H](F)[C@@H]1O. The minimum atomic E-state index is -1.46. The Morgan fingerprint density at radius 3 is 2.90 bits per heavy atom. The Morgan fingerprint density at radius 2 is 2.19 bits per heavy atom. The van der Waals surface area contributed by atoms with Crippen LogP contribution in [-0.2, 0) is 6.54 Å². The Labute approximate surface area is 185 Å². The number of carbonyl (C=O) groups excluding carboxylic acids is 1. The van der Waals surface area contributed by atoms with Crippen molar-refractivity contribution in [1.82, 2.24) is 19.7 Å². The van der Waals surface area contributed by atoms with Gasteiger partial charge in [0, 0.05) is 12.4 Å². The molecule has 4 atom stereocenters. The number of aliphatic hydroxyl groups excluding tert-OH is 1. The van der Waals surface area contributed by atoms with Gasteiger partial charge >= 0.3 is 0 Å². The second-order valence-corrected chi connectivity index (χ2v) is 8.51. The van der Waals surface area contributed by atoms with Gasteiger partial charge in [0.2, 0.25) is 5.78 Å². The molecule has 0 spiro atoms. The lowest BCUT2D eigenvalue weighted by Crippen LogP contribution is -2.32. The van der Waals surface area contributed by atoms with Crippen molar-refractivity contribution in [3.63, 3.8) is 0 Å². The summed E-state index contributed by atoms with van der Waals surface area (Å²) in [5.41, 5.74) is 1.15. The van der Waals surface area contributed by atoms with Gasteiger partial charge in [0.05, 0.1) is 28.7 Å². The summed E-state index contributed by atoms with van der Waals surface area (Å²) in [5, 5.41) is 17.1. The molecular weight excluding hydrogens is 472 g/mol. The lowest BCUT2D eigenvalue weighted by molar-refractivity contribution is 0.0725. The van der Waals surface area contributed by atoms with Gasteiger partial charge in [0.1, 0.15) is 29.8 Å². The summed E-state index contributed by atoms with van der Waals surface area (Å²) in [7, 11) is 0. The summed E-state index contributed by atoms with van der Waals surface area (Å²) in [6, 6.07) is 5.56. The van der Waals surface area contributed by atoms with E-state index in [-0.39, 0.29) is 28.8 Å². The fourth-order valence-corrected chi connectivity index (χ4v) is 4.11. The number of nitrogens with zero attached hydrogens (tertiary/aromatic N) is 4. The van der Waals surface area contributed by atoms with Crippen LogP contribution in [0.3, 0.4) is 0 Å². The quantitative estimate of drug-likeness (QED) is 0.513. The third-order valence-electron chi connectivity index (χ3n) is 5.40. The van der Waals surface area contributed by atoms with Crippen molar-refractivity contribution in [3.8, 4) is 0 Å². The minimum Gasteiger partial charge on any atom is -0.390 e. The monoisotopic (exact) mass is 491 g/mol. The van der Waals surface area contributed by atoms with Gasteiger partial charge in [-0.05, 0) is 52.0 Å². The highest BCUT2D eigenvalue weighted by atomic mass is 79.9. The van der Waals surface area contributed by atoms with E-state index in [9.17, 15) is 18.7 Å². The minimum absolute atomic E-state index is 0.165. The Bertz CT molecular complexity index is 1110. The molecule has 1 fully saturated rings. The van der Waals surface area contributed by atoms with E-state index >= 15 is 0 Å². The highest BCUT2D eigenvalue weighted by molar-refractivity contribution is 9.10. The maximum Gasteiger partial charge on any atom is 0.218 e. The fourth-order valence-electron chi connectivity index (χ4n) is 3.68. The fraction of sp³-hybridized carbons (Fsp3) is 0.333. The molecule has 10 heteroatoms. The zero-order valence-electron chi connectivity index (χ0n) is 16.5. The van der Waals surface area contributed by atoms with Crippen LogP contribution in [0.25, 0.3) is 0 Å². The number of alkyl halides is 1. The van der Waals surface area contributed by atoms with Crippen LogP contribution >= 0.6 is 15.9 Å². The summed E-state index contributed by atoms with van der Waals surface area (Å²) in [6.07, 6.45) is 2.18. The lowest BCUT2D eigenvalue weighted by Gasteiger charge is -2.18. The van der Waals surface area contributed by atoms with Crippen molar-refractivity contribution >= 4 is 27.5 Å². The molecule has 0 radical (unpaired) electrons. The van der Waals surface area contributed by atoms with Crippen LogP contribution in [0, 0.1) is 11.7 Å². The second kappa shape index (κ2) is 8.80. The van der Waals surface area contributed by atoms with Crippen LogP contribution in [0.4, 0.5) is 14.6 Å². The Morgan fingerprint density at radius 1 is 1.39 bits per heavy atom. The first-order chi connectivity index (χ1) is 14.8. The molecule has 0 amide bonds. The normalized spacial score (nSPS) is 23.1. The molecule has 2 aromatic heterocycles. The summed E-state index contributed by atoms with van der Waals surface area (Å²) >= 11 is 3.15. The van der Waals surface area contributed by atoms with Crippen LogP contribution in [0.2, 0.25) is 0 Å². The van der Waals surface area contributed by atoms with Crippen LogP contribution in [-0.4, -0.2) is 49.0 Å². The van der Waals surface area contributed by atoms with E-state index in [1.54, 1.807) is 36.0 Å². The van der Waals surface area contributed by atoms with Crippen molar-refractivity contribution in [1.29, 1.82) is 0 Å². The number of rotatable bonds is 6. The maximum absolute atomic E-state index is 14.4. The molecular formula is C21H20BrF2N5O2. The smallest absolute Gasteiger partial charge is 0.218 e. The Kier molecular flexibility index (Phi) is 6.10. The topological polar surface area (TPSA) is 92.9 Å². The van der Waals surface area contributed by atoms with Gasteiger partial charge in [-0.25, -0.2) is 18.7 Å². The van der Waals surface area contributed by atoms with Crippen molar-refractivity contribution in [2.24, 2.45) is 5.92 Å². The van der Waals surface area contributed by atoms with Gasteiger partial charge in [0.25, 0.3) is 0 Å². The average Bonchev–Trinajstić information content (AvgIpc) is 3.31. The molecule has 2 N–H and O–H groups in total. The molecule has 0 aliphatic heterocycles. The number of benzene rings is 1. The third-order valence-corrected chi connectivity index (χ3v) is 6.01. The molecule has 31 heavy (non-hydrogen) atoms. The molecule has 3 aromatic rings. The zero-order chi connectivity index (χ0) is 22.1. The lowest BCUT2D eigenvalue weighted by atomic mass is 10.1. The average molecular weight is 492 g/mol.